The number of fused-ring (bicyclic) bond motifs is 2. The highest BCUT2D eigenvalue weighted by molar-refractivity contribution is 5.78. The van der Waals surface area contributed by atoms with Gasteiger partial charge in [0.1, 0.15) is 11.4 Å². The summed E-state index contributed by atoms with van der Waals surface area (Å²) in [6.45, 7) is 2.93. The number of rotatable bonds is 6. The van der Waals surface area contributed by atoms with Crippen LogP contribution >= 0.6 is 0 Å². The number of aromatic nitrogens is 2. The predicted octanol–water partition coefficient (Wildman–Crippen LogP) is 3.92. The number of ether oxygens (including phenoxy) is 1. The van der Waals surface area contributed by atoms with Crippen LogP contribution in [0.3, 0.4) is 0 Å². The first kappa shape index (κ1) is 29.7. The first-order valence-corrected chi connectivity index (χ1v) is 13.8. The lowest BCUT2D eigenvalue weighted by Crippen LogP contribution is -2.51. The third kappa shape index (κ3) is 5.29. The van der Waals surface area contributed by atoms with Crippen molar-refractivity contribution in [2.24, 2.45) is 11.7 Å². The number of carbonyl (C=O) groups excluding carboxylic acids is 1. The van der Waals surface area contributed by atoms with Crippen LogP contribution in [0.1, 0.15) is 60.7 Å². The summed E-state index contributed by atoms with van der Waals surface area (Å²) in [6.07, 6.45) is -4.36. The summed E-state index contributed by atoms with van der Waals surface area (Å²) in [6, 6.07) is 10.6. The monoisotopic (exact) mass is 588 g/mol. The third-order valence-electron chi connectivity index (χ3n) is 8.20. The van der Waals surface area contributed by atoms with Gasteiger partial charge in [0.15, 0.2) is 0 Å². The second kappa shape index (κ2) is 11.1. The maximum absolute atomic E-state index is 14.9. The molecule has 224 valence electrons. The lowest BCUT2D eigenvalue weighted by atomic mass is 9.85. The standard InChI is InChI=1S/C30H32F4N4O4/c1-18(2)26(39)36-13-11-29(12-14-36)25-24(17-42-29)37(15-20-21(30(32,33)34)9-6-10-22(20)31)28(41)38(27(25)40)16-23(35)19-7-4-3-5-8-19/h3-10,18,23H,11-17,35H2,1-2H3/t23-/m0/s1. The van der Waals surface area contributed by atoms with Gasteiger partial charge in [0, 0.05) is 30.6 Å². The topological polar surface area (TPSA) is 99.6 Å². The van der Waals surface area contributed by atoms with Gasteiger partial charge in [-0.3, -0.25) is 18.7 Å². The Bertz CT molecular complexity index is 1610. The van der Waals surface area contributed by atoms with Crippen molar-refractivity contribution in [1.82, 2.24) is 14.0 Å². The van der Waals surface area contributed by atoms with Gasteiger partial charge in [0.2, 0.25) is 5.91 Å². The van der Waals surface area contributed by atoms with E-state index in [0.717, 1.165) is 27.3 Å². The molecule has 0 radical (unpaired) electrons. The van der Waals surface area contributed by atoms with Crippen molar-refractivity contribution < 1.29 is 27.1 Å². The molecule has 1 aromatic heterocycles. The van der Waals surface area contributed by atoms with E-state index in [-0.39, 0.29) is 49.1 Å². The predicted molar refractivity (Wildman–Crippen MR) is 146 cm³/mol. The van der Waals surface area contributed by atoms with Crippen molar-refractivity contribution in [2.45, 2.75) is 64.2 Å². The van der Waals surface area contributed by atoms with E-state index in [0.29, 0.717) is 18.7 Å². The molecule has 12 heteroatoms. The highest BCUT2D eigenvalue weighted by Gasteiger charge is 2.48. The van der Waals surface area contributed by atoms with Crippen LogP contribution in [-0.4, -0.2) is 33.0 Å². The van der Waals surface area contributed by atoms with E-state index in [9.17, 15) is 31.9 Å². The lowest BCUT2D eigenvalue weighted by molar-refractivity contribution is -0.141. The Balaban J connectivity index is 1.65. The smallest absolute Gasteiger partial charge is 0.364 e. The van der Waals surface area contributed by atoms with E-state index in [2.05, 4.69) is 0 Å². The van der Waals surface area contributed by atoms with Gasteiger partial charge in [-0.25, -0.2) is 9.18 Å². The van der Waals surface area contributed by atoms with Crippen LogP contribution in [0.15, 0.2) is 58.1 Å². The fourth-order valence-electron chi connectivity index (χ4n) is 5.95. The Morgan fingerprint density at radius 2 is 1.69 bits per heavy atom. The number of nitrogens with zero attached hydrogens (tertiary/aromatic N) is 3. The molecule has 2 N–H and O–H groups in total. The second-order valence-electron chi connectivity index (χ2n) is 11.2. The van der Waals surface area contributed by atoms with E-state index in [4.69, 9.17) is 10.5 Å². The number of benzene rings is 2. The van der Waals surface area contributed by atoms with Crippen molar-refractivity contribution in [2.75, 3.05) is 13.1 Å². The minimum Gasteiger partial charge on any atom is -0.364 e. The lowest BCUT2D eigenvalue weighted by Gasteiger charge is -2.39. The summed E-state index contributed by atoms with van der Waals surface area (Å²) in [5.74, 6) is -1.39. The molecule has 8 nitrogen and oxygen atoms in total. The van der Waals surface area contributed by atoms with E-state index in [1.54, 1.807) is 49.1 Å². The van der Waals surface area contributed by atoms with Crippen molar-refractivity contribution in [3.8, 4) is 0 Å². The Morgan fingerprint density at radius 3 is 2.31 bits per heavy atom. The maximum Gasteiger partial charge on any atom is 0.416 e. The van der Waals surface area contributed by atoms with Gasteiger partial charge < -0.3 is 15.4 Å². The number of alkyl halides is 3. The normalized spacial score (nSPS) is 17.1. The van der Waals surface area contributed by atoms with Gasteiger partial charge in [-0.2, -0.15) is 13.2 Å². The SMILES string of the molecule is CC(C)C(=O)N1CCC2(CC1)OCc1c2c(=O)n(C[C@H](N)c2ccccc2)c(=O)n1Cc1c(F)cccc1C(F)(F)F. The van der Waals surface area contributed by atoms with Crippen molar-refractivity contribution in [3.05, 3.63) is 103 Å². The zero-order chi connectivity index (χ0) is 30.4. The molecule has 1 atom stereocenters. The highest BCUT2D eigenvalue weighted by atomic mass is 19.4. The molecular formula is C30H32F4N4O4. The molecule has 3 heterocycles. The van der Waals surface area contributed by atoms with E-state index < -0.39 is 52.6 Å². The van der Waals surface area contributed by atoms with Gasteiger partial charge in [0.25, 0.3) is 5.56 Å². The van der Waals surface area contributed by atoms with Crippen LogP contribution in [0.5, 0.6) is 0 Å². The van der Waals surface area contributed by atoms with Crippen LogP contribution in [0.25, 0.3) is 0 Å². The first-order chi connectivity index (χ1) is 19.8. The van der Waals surface area contributed by atoms with Crippen molar-refractivity contribution in [3.63, 3.8) is 0 Å². The van der Waals surface area contributed by atoms with E-state index in [1.807, 2.05) is 0 Å². The average molecular weight is 589 g/mol. The van der Waals surface area contributed by atoms with Gasteiger partial charge >= 0.3 is 11.9 Å². The summed E-state index contributed by atoms with van der Waals surface area (Å²) < 4.78 is 64.6. The number of piperidine rings is 1. The molecule has 5 rings (SSSR count). The van der Waals surface area contributed by atoms with E-state index in [1.165, 1.54) is 0 Å². The largest absolute Gasteiger partial charge is 0.416 e. The molecular weight excluding hydrogens is 556 g/mol. The molecule has 2 aromatic carbocycles. The molecule has 1 spiro atoms. The number of hydrogen-bond donors (Lipinski definition) is 1. The van der Waals surface area contributed by atoms with Crippen LogP contribution < -0.4 is 17.0 Å². The summed E-state index contributed by atoms with van der Waals surface area (Å²) >= 11 is 0. The zero-order valence-corrected chi connectivity index (χ0v) is 23.3. The minimum absolute atomic E-state index is 0.0430. The number of nitrogens with two attached hydrogens (primary N) is 1. The summed E-state index contributed by atoms with van der Waals surface area (Å²) in [5, 5.41) is 0. The first-order valence-electron chi connectivity index (χ1n) is 13.8. The van der Waals surface area contributed by atoms with Crippen molar-refractivity contribution in [1.29, 1.82) is 0 Å². The van der Waals surface area contributed by atoms with Crippen LogP contribution in [0.4, 0.5) is 17.6 Å². The molecule has 2 aliphatic rings. The van der Waals surface area contributed by atoms with Gasteiger partial charge in [-0.05, 0) is 30.5 Å². The van der Waals surface area contributed by atoms with Crippen LogP contribution in [0.2, 0.25) is 0 Å². The molecule has 42 heavy (non-hydrogen) atoms. The molecule has 1 amide bonds. The third-order valence-corrected chi connectivity index (χ3v) is 8.20. The zero-order valence-electron chi connectivity index (χ0n) is 23.3. The summed E-state index contributed by atoms with van der Waals surface area (Å²) in [5.41, 5.74) is 2.63. The summed E-state index contributed by atoms with van der Waals surface area (Å²) in [7, 11) is 0. The highest BCUT2D eigenvalue weighted by Crippen LogP contribution is 2.43. The maximum atomic E-state index is 14.9. The molecule has 0 saturated carbocycles. The molecule has 1 saturated heterocycles. The molecule has 2 aliphatic heterocycles. The number of amides is 1. The second-order valence-corrected chi connectivity index (χ2v) is 11.2. The number of hydrogen-bond acceptors (Lipinski definition) is 5. The molecule has 1 fully saturated rings. The number of carbonyl (C=O) groups is 1. The Morgan fingerprint density at radius 1 is 1.02 bits per heavy atom. The average Bonchev–Trinajstić information content (AvgIpc) is 3.32. The number of likely N-dealkylation sites (tertiary alicyclic amines) is 1. The fraction of sp³-hybridized carbons (Fsp3) is 0.433. The van der Waals surface area contributed by atoms with Crippen molar-refractivity contribution >= 4 is 5.91 Å². The Kier molecular flexibility index (Phi) is 7.88. The quantitative estimate of drug-likeness (QED) is 0.441. The minimum atomic E-state index is -4.87. The Labute approximate surface area is 239 Å². The molecule has 0 bridgehead atoms. The molecule has 0 aliphatic carbocycles. The Hall–Kier alpha value is -3.77. The summed E-state index contributed by atoms with van der Waals surface area (Å²) in [4.78, 5) is 42.2. The molecule has 0 unspecified atom stereocenters. The van der Waals surface area contributed by atoms with Gasteiger partial charge in [-0.1, -0.05) is 50.2 Å². The van der Waals surface area contributed by atoms with E-state index >= 15 is 0 Å². The van der Waals surface area contributed by atoms with Gasteiger partial charge in [0.05, 0.1) is 36.5 Å². The van der Waals surface area contributed by atoms with Crippen LogP contribution in [0, 0.1) is 11.7 Å². The molecule has 3 aromatic rings. The van der Waals surface area contributed by atoms with Crippen LogP contribution in [-0.2, 0) is 41.0 Å². The number of halogens is 4. The fourth-order valence-corrected chi connectivity index (χ4v) is 5.95. The van der Waals surface area contributed by atoms with Gasteiger partial charge in [-0.15, -0.1) is 0 Å².